The molecule has 1 aromatic rings. The molecule has 104 valence electrons. The summed E-state index contributed by atoms with van der Waals surface area (Å²) in [6, 6.07) is 8.10. The lowest BCUT2D eigenvalue weighted by molar-refractivity contribution is 0.597. The molecule has 0 bridgehead atoms. The molecular weight excluding hydrogens is 280 g/mol. The molecule has 0 amide bonds. The van der Waals surface area contributed by atoms with Crippen LogP contribution in [0.2, 0.25) is 0 Å². The van der Waals surface area contributed by atoms with Crippen molar-refractivity contribution >= 4 is 21.6 Å². The fraction of sp³-hybridized carbons (Fsp3) is 0.462. The lowest BCUT2D eigenvalue weighted by Gasteiger charge is -2.08. The SMILES string of the molecule is CCC(N)CSCCS(=O)(=O)c1ccc(C#N)cc1. The van der Waals surface area contributed by atoms with Crippen molar-refractivity contribution in [1.29, 1.82) is 5.26 Å². The summed E-state index contributed by atoms with van der Waals surface area (Å²) in [6.45, 7) is 2.01. The quantitative estimate of drug-likeness (QED) is 0.776. The van der Waals surface area contributed by atoms with Crippen molar-refractivity contribution in [2.45, 2.75) is 24.3 Å². The standard InChI is InChI=1S/C13H18N2O2S2/c1-2-12(15)10-18-7-8-19(16,17)13-5-3-11(9-14)4-6-13/h3-6,12H,2,7-8,10,15H2,1H3. The minimum atomic E-state index is -3.26. The Labute approximate surface area is 118 Å². The van der Waals surface area contributed by atoms with E-state index in [4.69, 9.17) is 11.0 Å². The number of nitrogens with zero attached hydrogens (tertiary/aromatic N) is 1. The fourth-order valence-electron chi connectivity index (χ4n) is 1.38. The number of nitrogens with two attached hydrogens (primary N) is 1. The first-order valence-electron chi connectivity index (χ1n) is 6.06. The molecule has 1 atom stereocenters. The summed E-state index contributed by atoms with van der Waals surface area (Å²) in [5, 5.41) is 8.67. The molecule has 0 fully saturated rings. The number of thioether (sulfide) groups is 1. The van der Waals surface area contributed by atoms with Crippen LogP contribution in [0.5, 0.6) is 0 Å². The largest absolute Gasteiger partial charge is 0.327 e. The van der Waals surface area contributed by atoms with Gasteiger partial charge in [-0.3, -0.25) is 0 Å². The number of hydrogen-bond donors (Lipinski definition) is 1. The lowest BCUT2D eigenvalue weighted by Crippen LogP contribution is -2.22. The third-order valence-corrected chi connectivity index (χ3v) is 5.84. The predicted octanol–water partition coefficient (Wildman–Crippen LogP) is 1.80. The molecule has 2 N–H and O–H groups in total. The van der Waals surface area contributed by atoms with E-state index in [0.29, 0.717) is 11.3 Å². The molecule has 0 aromatic heterocycles. The second-order valence-corrected chi connectivity index (χ2v) is 7.46. The molecule has 4 nitrogen and oxygen atoms in total. The molecule has 0 aliphatic heterocycles. The Morgan fingerprint density at radius 2 is 2.00 bits per heavy atom. The zero-order chi connectivity index (χ0) is 14.3. The van der Waals surface area contributed by atoms with Gasteiger partial charge in [-0.05, 0) is 30.7 Å². The van der Waals surface area contributed by atoms with Crippen molar-refractivity contribution in [2.24, 2.45) is 5.73 Å². The average molecular weight is 298 g/mol. The van der Waals surface area contributed by atoms with E-state index < -0.39 is 9.84 Å². The number of hydrogen-bond acceptors (Lipinski definition) is 5. The zero-order valence-electron chi connectivity index (χ0n) is 10.9. The second-order valence-electron chi connectivity index (χ2n) is 4.20. The molecule has 0 radical (unpaired) electrons. The first-order valence-corrected chi connectivity index (χ1v) is 8.86. The molecule has 0 spiro atoms. The molecular formula is C13H18N2O2S2. The molecule has 19 heavy (non-hydrogen) atoms. The van der Waals surface area contributed by atoms with Crippen LogP contribution in [-0.2, 0) is 9.84 Å². The highest BCUT2D eigenvalue weighted by Gasteiger charge is 2.14. The Hall–Kier alpha value is -1.03. The van der Waals surface area contributed by atoms with E-state index in [2.05, 4.69) is 0 Å². The van der Waals surface area contributed by atoms with Crippen molar-refractivity contribution in [1.82, 2.24) is 0 Å². The normalized spacial score (nSPS) is 12.9. The molecule has 0 saturated carbocycles. The number of rotatable bonds is 7. The molecule has 0 saturated heterocycles. The van der Waals surface area contributed by atoms with Gasteiger partial charge in [0.05, 0.1) is 22.3 Å². The summed E-state index contributed by atoms with van der Waals surface area (Å²) in [5.41, 5.74) is 6.23. The maximum Gasteiger partial charge on any atom is 0.179 e. The summed E-state index contributed by atoms with van der Waals surface area (Å²) in [5.74, 6) is 1.41. The van der Waals surface area contributed by atoms with Gasteiger partial charge in [-0.15, -0.1) is 0 Å². The van der Waals surface area contributed by atoms with Crippen molar-refractivity contribution in [2.75, 3.05) is 17.3 Å². The lowest BCUT2D eigenvalue weighted by atomic mass is 10.2. The highest BCUT2D eigenvalue weighted by atomic mass is 32.2. The first-order chi connectivity index (χ1) is 8.99. The summed E-state index contributed by atoms with van der Waals surface area (Å²) in [6.07, 6.45) is 0.898. The van der Waals surface area contributed by atoms with Gasteiger partial charge < -0.3 is 5.73 Å². The van der Waals surface area contributed by atoms with Crippen LogP contribution in [0.25, 0.3) is 0 Å². The smallest absolute Gasteiger partial charge is 0.179 e. The Morgan fingerprint density at radius 3 is 2.53 bits per heavy atom. The van der Waals surface area contributed by atoms with Crippen molar-refractivity contribution < 1.29 is 8.42 Å². The first kappa shape index (κ1) is 16.0. The summed E-state index contributed by atoms with van der Waals surface area (Å²) in [7, 11) is -3.26. The van der Waals surface area contributed by atoms with Crippen LogP contribution in [0.3, 0.4) is 0 Å². The second kappa shape index (κ2) is 7.53. The van der Waals surface area contributed by atoms with E-state index in [9.17, 15) is 8.42 Å². The highest BCUT2D eigenvalue weighted by molar-refractivity contribution is 8.00. The summed E-state index contributed by atoms with van der Waals surface area (Å²) >= 11 is 1.56. The van der Waals surface area contributed by atoms with Crippen LogP contribution in [0, 0.1) is 11.3 Å². The van der Waals surface area contributed by atoms with Gasteiger partial charge in [0.2, 0.25) is 0 Å². The summed E-state index contributed by atoms with van der Waals surface area (Å²) < 4.78 is 24.0. The molecule has 6 heteroatoms. The fourth-order valence-corrected chi connectivity index (χ4v) is 4.22. The van der Waals surface area contributed by atoms with Crippen LogP contribution in [0.1, 0.15) is 18.9 Å². The van der Waals surface area contributed by atoms with Crippen LogP contribution < -0.4 is 5.73 Å². The zero-order valence-corrected chi connectivity index (χ0v) is 12.5. The number of sulfone groups is 1. The van der Waals surface area contributed by atoms with Gasteiger partial charge in [-0.1, -0.05) is 6.92 Å². The van der Waals surface area contributed by atoms with E-state index in [-0.39, 0.29) is 16.7 Å². The molecule has 0 aliphatic rings. The Balaban J connectivity index is 2.54. The van der Waals surface area contributed by atoms with Crippen molar-refractivity contribution in [3.63, 3.8) is 0 Å². The van der Waals surface area contributed by atoms with E-state index in [0.717, 1.165) is 12.2 Å². The summed E-state index contributed by atoms with van der Waals surface area (Å²) in [4.78, 5) is 0.270. The molecule has 1 aromatic carbocycles. The molecule has 1 unspecified atom stereocenters. The highest BCUT2D eigenvalue weighted by Crippen LogP contribution is 2.14. The van der Waals surface area contributed by atoms with Crippen LogP contribution in [0.15, 0.2) is 29.2 Å². The Bertz CT molecular complexity index is 533. The number of benzene rings is 1. The average Bonchev–Trinajstić information content (AvgIpc) is 2.43. The van der Waals surface area contributed by atoms with E-state index in [1.54, 1.807) is 11.8 Å². The number of nitriles is 1. The minimum absolute atomic E-state index is 0.0972. The van der Waals surface area contributed by atoms with Gasteiger partial charge in [0.1, 0.15) is 0 Å². The van der Waals surface area contributed by atoms with Gasteiger partial charge in [0.25, 0.3) is 0 Å². The molecule has 0 heterocycles. The van der Waals surface area contributed by atoms with Crippen molar-refractivity contribution in [3.8, 4) is 6.07 Å². The molecule has 1 rings (SSSR count). The van der Waals surface area contributed by atoms with Gasteiger partial charge in [-0.2, -0.15) is 17.0 Å². The van der Waals surface area contributed by atoms with E-state index in [1.165, 1.54) is 24.3 Å². The maximum atomic E-state index is 12.0. The van der Waals surface area contributed by atoms with Gasteiger partial charge >= 0.3 is 0 Å². The van der Waals surface area contributed by atoms with E-state index in [1.807, 2.05) is 13.0 Å². The maximum absolute atomic E-state index is 12.0. The van der Waals surface area contributed by atoms with Gasteiger partial charge in [0, 0.05) is 17.5 Å². The predicted molar refractivity (Wildman–Crippen MR) is 78.8 cm³/mol. The van der Waals surface area contributed by atoms with Gasteiger partial charge in [0.15, 0.2) is 9.84 Å². The minimum Gasteiger partial charge on any atom is -0.327 e. The topological polar surface area (TPSA) is 84.0 Å². The third kappa shape index (κ3) is 5.23. The van der Waals surface area contributed by atoms with Crippen LogP contribution in [0.4, 0.5) is 0 Å². The monoisotopic (exact) mass is 298 g/mol. The Morgan fingerprint density at radius 1 is 1.37 bits per heavy atom. The Kier molecular flexibility index (Phi) is 6.35. The molecule has 0 aliphatic carbocycles. The van der Waals surface area contributed by atoms with Crippen LogP contribution >= 0.6 is 11.8 Å². The van der Waals surface area contributed by atoms with Crippen LogP contribution in [-0.4, -0.2) is 31.7 Å². The van der Waals surface area contributed by atoms with E-state index >= 15 is 0 Å². The van der Waals surface area contributed by atoms with Crippen molar-refractivity contribution in [3.05, 3.63) is 29.8 Å². The third-order valence-electron chi connectivity index (χ3n) is 2.70. The van der Waals surface area contributed by atoms with Gasteiger partial charge in [-0.25, -0.2) is 8.42 Å².